The van der Waals surface area contributed by atoms with Crippen LogP contribution in [0.1, 0.15) is 26.2 Å². The fraction of sp³-hybridized carbons (Fsp3) is 0.500. The molecule has 1 heterocycles. The van der Waals surface area contributed by atoms with E-state index in [4.69, 9.17) is 4.74 Å². The standard InChI is InChI=1S/C12H16O4/c1-9-4-2-5-10(13)6-3-7-11(14)8-12(15)16-9/h2-3,5,7,9,11,14H,4,6,8H2,1H3/t9-,11+/m1/s1. The van der Waals surface area contributed by atoms with Crippen LogP contribution in [0.15, 0.2) is 24.3 Å². The minimum absolute atomic E-state index is 0.0254. The molecule has 88 valence electrons. The van der Waals surface area contributed by atoms with Crippen LogP contribution in [-0.2, 0) is 14.3 Å². The molecule has 0 aromatic heterocycles. The van der Waals surface area contributed by atoms with Crippen LogP contribution in [0.25, 0.3) is 0 Å². The van der Waals surface area contributed by atoms with Crippen molar-refractivity contribution in [1.82, 2.24) is 0 Å². The molecule has 0 aliphatic carbocycles. The number of aliphatic hydroxyl groups excluding tert-OH is 1. The molecule has 4 nitrogen and oxygen atoms in total. The predicted molar refractivity (Wildman–Crippen MR) is 58.7 cm³/mol. The van der Waals surface area contributed by atoms with Crippen molar-refractivity contribution in [2.24, 2.45) is 0 Å². The van der Waals surface area contributed by atoms with Crippen molar-refractivity contribution in [2.45, 2.75) is 38.4 Å². The number of cyclic esters (lactones) is 1. The second-order valence-electron chi connectivity index (χ2n) is 3.81. The predicted octanol–water partition coefficient (Wildman–Crippen LogP) is 1.14. The Morgan fingerprint density at radius 3 is 2.88 bits per heavy atom. The zero-order valence-electron chi connectivity index (χ0n) is 9.26. The molecule has 1 aliphatic heterocycles. The molecule has 0 bridgehead atoms. The Morgan fingerprint density at radius 2 is 2.12 bits per heavy atom. The quantitative estimate of drug-likeness (QED) is 0.495. The molecule has 0 amide bonds. The number of aliphatic hydroxyl groups is 1. The topological polar surface area (TPSA) is 63.6 Å². The Kier molecular flexibility index (Phi) is 4.92. The van der Waals surface area contributed by atoms with Crippen LogP contribution < -0.4 is 0 Å². The summed E-state index contributed by atoms with van der Waals surface area (Å²) in [6, 6.07) is 0. The Balaban J connectivity index is 2.67. The normalized spacial score (nSPS) is 28.1. The van der Waals surface area contributed by atoms with E-state index in [-0.39, 0.29) is 24.7 Å². The van der Waals surface area contributed by atoms with Crippen LogP contribution in [0.2, 0.25) is 0 Å². The third-order valence-electron chi connectivity index (χ3n) is 2.16. The Morgan fingerprint density at radius 1 is 1.38 bits per heavy atom. The van der Waals surface area contributed by atoms with Gasteiger partial charge in [-0.15, -0.1) is 0 Å². The molecule has 1 rings (SSSR count). The number of ketones is 1. The molecular formula is C12H16O4. The van der Waals surface area contributed by atoms with Crippen molar-refractivity contribution >= 4 is 11.8 Å². The van der Waals surface area contributed by atoms with Gasteiger partial charge in [-0.1, -0.05) is 18.2 Å². The van der Waals surface area contributed by atoms with Gasteiger partial charge in [-0.2, -0.15) is 0 Å². The summed E-state index contributed by atoms with van der Waals surface area (Å²) < 4.78 is 5.03. The van der Waals surface area contributed by atoms with Crippen LogP contribution in [0.3, 0.4) is 0 Å². The van der Waals surface area contributed by atoms with E-state index in [2.05, 4.69) is 0 Å². The van der Waals surface area contributed by atoms with E-state index >= 15 is 0 Å². The number of carbonyl (C=O) groups excluding carboxylic acids is 2. The van der Waals surface area contributed by atoms with Crippen molar-refractivity contribution in [3.05, 3.63) is 24.3 Å². The number of allylic oxidation sites excluding steroid dienone is 2. The molecule has 0 fully saturated rings. The van der Waals surface area contributed by atoms with Gasteiger partial charge in [0.1, 0.15) is 6.10 Å². The monoisotopic (exact) mass is 224 g/mol. The second kappa shape index (κ2) is 6.23. The maximum atomic E-state index is 11.3. The van der Waals surface area contributed by atoms with Gasteiger partial charge in [-0.3, -0.25) is 9.59 Å². The van der Waals surface area contributed by atoms with Gasteiger partial charge in [0.05, 0.1) is 12.5 Å². The summed E-state index contributed by atoms with van der Waals surface area (Å²) in [5, 5.41) is 9.42. The van der Waals surface area contributed by atoms with E-state index < -0.39 is 12.1 Å². The van der Waals surface area contributed by atoms with Crippen molar-refractivity contribution < 1.29 is 19.4 Å². The van der Waals surface area contributed by atoms with Crippen molar-refractivity contribution in [3.8, 4) is 0 Å². The highest BCUT2D eigenvalue weighted by Gasteiger charge is 2.13. The lowest BCUT2D eigenvalue weighted by Gasteiger charge is -2.12. The zero-order chi connectivity index (χ0) is 12.0. The summed E-state index contributed by atoms with van der Waals surface area (Å²) in [5.41, 5.74) is 0. The third-order valence-corrected chi connectivity index (χ3v) is 2.16. The summed E-state index contributed by atoms with van der Waals surface area (Å²) in [6.07, 6.45) is 5.72. The van der Waals surface area contributed by atoms with Crippen molar-refractivity contribution in [3.63, 3.8) is 0 Å². The summed E-state index contributed by atoms with van der Waals surface area (Å²) in [5.74, 6) is -0.451. The van der Waals surface area contributed by atoms with Crippen LogP contribution in [0, 0.1) is 0 Å². The molecule has 0 saturated carbocycles. The SMILES string of the molecule is C[C@@H]1CC=CC(=O)CC=C[C@H](O)CC(=O)O1. The number of esters is 1. The van der Waals surface area contributed by atoms with Gasteiger partial charge in [0.2, 0.25) is 0 Å². The Labute approximate surface area is 94.6 Å². The van der Waals surface area contributed by atoms with E-state index in [1.807, 2.05) is 0 Å². The average molecular weight is 224 g/mol. The van der Waals surface area contributed by atoms with Crippen molar-refractivity contribution in [1.29, 1.82) is 0 Å². The lowest BCUT2D eigenvalue weighted by molar-refractivity contribution is -0.149. The number of hydrogen-bond acceptors (Lipinski definition) is 4. The fourth-order valence-electron chi connectivity index (χ4n) is 1.36. The first-order valence-electron chi connectivity index (χ1n) is 5.31. The van der Waals surface area contributed by atoms with Crippen LogP contribution in [0.4, 0.5) is 0 Å². The summed E-state index contributed by atoms with van der Waals surface area (Å²) in [4.78, 5) is 22.5. The molecule has 0 radical (unpaired) electrons. The third kappa shape index (κ3) is 4.89. The lowest BCUT2D eigenvalue weighted by Crippen LogP contribution is -2.19. The Bertz CT molecular complexity index is 317. The molecule has 0 unspecified atom stereocenters. The van der Waals surface area contributed by atoms with E-state index in [0.29, 0.717) is 6.42 Å². The maximum absolute atomic E-state index is 11.3. The number of hydrogen-bond donors (Lipinski definition) is 1. The van der Waals surface area contributed by atoms with Gasteiger partial charge < -0.3 is 9.84 Å². The molecule has 1 aliphatic rings. The molecule has 2 atom stereocenters. The maximum Gasteiger partial charge on any atom is 0.309 e. The smallest absolute Gasteiger partial charge is 0.309 e. The number of rotatable bonds is 0. The van der Waals surface area contributed by atoms with Crippen LogP contribution >= 0.6 is 0 Å². The second-order valence-corrected chi connectivity index (χ2v) is 3.81. The summed E-state index contributed by atoms with van der Waals surface area (Å²) in [6.45, 7) is 1.75. The van der Waals surface area contributed by atoms with Gasteiger partial charge in [0.25, 0.3) is 0 Å². The molecule has 0 spiro atoms. The highest BCUT2D eigenvalue weighted by Crippen LogP contribution is 2.06. The first-order chi connectivity index (χ1) is 7.58. The molecule has 0 aromatic carbocycles. The van der Waals surface area contributed by atoms with Gasteiger partial charge in [0.15, 0.2) is 5.78 Å². The minimum Gasteiger partial charge on any atom is -0.462 e. The molecule has 1 N–H and O–H groups in total. The fourth-order valence-corrected chi connectivity index (χ4v) is 1.36. The molecular weight excluding hydrogens is 208 g/mol. The molecule has 0 saturated heterocycles. The largest absolute Gasteiger partial charge is 0.462 e. The average Bonchev–Trinajstić information content (AvgIpc) is 2.15. The number of ether oxygens (including phenoxy) is 1. The highest BCUT2D eigenvalue weighted by atomic mass is 16.5. The van der Waals surface area contributed by atoms with Gasteiger partial charge in [-0.05, 0) is 13.0 Å². The Hall–Kier alpha value is -1.42. The van der Waals surface area contributed by atoms with E-state index in [1.165, 1.54) is 12.2 Å². The molecule has 16 heavy (non-hydrogen) atoms. The summed E-state index contributed by atoms with van der Waals surface area (Å²) in [7, 11) is 0. The van der Waals surface area contributed by atoms with E-state index in [9.17, 15) is 14.7 Å². The lowest BCUT2D eigenvalue weighted by atomic mass is 10.1. The number of carbonyl (C=O) groups is 2. The van der Waals surface area contributed by atoms with Crippen LogP contribution in [-0.4, -0.2) is 29.1 Å². The van der Waals surface area contributed by atoms with E-state index in [1.54, 1.807) is 19.1 Å². The molecule has 0 aromatic rings. The van der Waals surface area contributed by atoms with Gasteiger partial charge in [0, 0.05) is 12.8 Å². The van der Waals surface area contributed by atoms with Crippen LogP contribution in [0.5, 0.6) is 0 Å². The summed E-state index contributed by atoms with van der Waals surface area (Å²) >= 11 is 0. The first-order valence-corrected chi connectivity index (χ1v) is 5.31. The minimum atomic E-state index is -0.879. The van der Waals surface area contributed by atoms with Gasteiger partial charge in [-0.25, -0.2) is 0 Å². The first kappa shape index (κ1) is 12.6. The van der Waals surface area contributed by atoms with Gasteiger partial charge >= 0.3 is 5.97 Å². The van der Waals surface area contributed by atoms with E-state index in [0.717, 1.165) is 0 Å². The zero-order valence-corrected chi connectivity index (χ0v) is 9.26. The molecule has 4 heteroatoms. The highest BCUT2D eigenvalue weighted by molar-refractivity contribution is 5.90. The van der Waals surface area contributed by atoms with Crippen molar-refractivity contribution in [2.75, 3.05) is 0 Å².